The number of amides is 2. The van der Waals surface area contributed by atoms with E-state index in [1.54, 1.807) is 36.4 Å². The lowest BCUT2D eigenvalue weighted by Gasteiger charge is -2.15. The standard InChI is InChI=1S/C27H26N4O7/c1-37-26(35)17-10-4-6-12-19(17)29-22(33)14-30-23-18-11-5-7-13-20(18)38-24(23)25(34)31(27(30)36)15-21(32)28-16-8-2-3-9-16/h4-7,10-13,16H,2-3,8-9,14-15H2,1H3,(H,28,32)(H,29,33). The van der Waals surface area contributed by atoms with Crippen molar-refractivity contribution in [1.82, 2.24) is 14.5 Å². The molecule has 11 nitrogen and oxygen atoms in total. The van der Waals surface area contributed by atoms with Crippen molar-refractivity contribution >= 4 is 45.5 Å². The number of benzene rings is 2. The normalized spacial score (nSPS) is 13.6. The van der Waals surface area contributed by atoms with Crippen molar-refractivity contribution in [2.75, 3.05) is 12.4 Å². The number of methoxy groups -OCH3 is 1. The quantitative estimate of drug-likeness (QED) is 0.358. The van der Waals surface area contributed by atoms with Crippen molar-refractivity contribution in [3.63, 3.8) is 0 Å². The highest BCUT2D eigenvalue weighted by atomic mass is 16.5. The zero-order valence-electron chi connectivity index (χ0n) is 20.7. The van der Waals surface area contributed by atoms with Gasteiger partial charge in [-0.25, -0.2) is 14.2 Å². The predicted octanol–water partition coefficient (Wildman–Crippen LogP) is 2.39. The summed E-state index contributed by atoms with van der Waals surface area (Å²) in [5, 5.41) is 5.98. The van der Waals surface area contributed by atoms with Gasteiger partial charge in [-0.2, -0.15) is 0 Å². The maximum absolute atomic E-state index is 13.6. The van der Waals surface area contributed by atoms with Gasteiger partial charge in [-0.05, 0) is 37.1 Å². The molecule has 0 atom stereocenters. The molecule has 5 rings (SSSR count). The summed E-state index contributed by atoms with van der Waals surface area (Å²) in [6.07, 6.45) is 3.72. The van der Waals surface area contributed by atoms with E-state index in [2.05, 4.69) is 10.6 Å². The maximum Gasteiger partial charge on any atom is 0.339 e. The fraction of sp³-hybridized carbons (Fsp3) is 0.296. The van der Waals surface area contributed by atoms with E-state index in [1.807, 2.05) is 0 Å². The number of hydrogen-bond acceptors (Lipinski definition) is 7. The minimum Gasteiger partial charge on any atom is -0.465 e. The van der Waals surface area contributed by atoms with Crippen LogP contribution in [0.3, 0.4) is 0 Å². The first kappa shape index (κ1) is 25.0. The Morgan fingerprint density at radius 1 is 0.947 bits per heavy atom. The Kier molecular flexibility index (Phi) is 6.82. The molecule has 0 aliphatic heterocycles. The summed E-state index contributed by atoms with van der Waals surface area (Å²) in [6.45, 7) is -1.01. The lowest BCUT2D eigenvalue weighted by molar-refractivity contribution is -0.122. The molecule has 0 spiro atoms. The highest BCUT2D eigenvalue weighted by Gasteiger charge is 2.24. The number of para-hydroxylation sites is 2. The number of hydrogen-bond donors (Lipinski definition) is 2. The Bertz CT molecular complexity index is 1670. The number of carbonyl (C=O) groups excluding carboxylic acids is 3. The average molecular weight is 519 g/mol. The van der Waals surface area contributed by atoms with Crippen LogP contribution in [0.1, 0.15) is 36.0 Å². The molecule has 2 aromatic carbocycles. The van der Waals surface area contributed by atoms with Gasteiger partial charge in [-0.1, -0.05) is 37.1 Å². The number of carbonyl (C=O) groups is 3. The minimum absolute atomic E-state index is 0.0102. The molecule has 196 valence electrons. The maximum atomic E-state index is 13.6. The molecule has 0 radical (unpaired) electrons. The number of furan rings is 1. The number of nitrogens with zero attached hydrogens (tertiary/aromatic N) is 2. The van der Waals surface area contributed by atoms with Gasteiger partial charge in [-0.15, -0.1) is 0 Å². The van der Waals surface area contributed by atoms with Crippen molar-refractivity contribution in [3.8, 4) is 0 Å². The van der Waals surface area contributed by atoms with Crippen LogP contribution in [0.4, 0.5) is 5.69 Å². The van der Waals surface area contributed by atoms with Crippen molar-refractivity contribution in [3.05, 3.63) is 74.9 Å². The first-order valence-corrected chi connectivity index (χ1v) is 12.3. The fourth-order valence-electron chi connectivity index (χ4n) is 4.88. The second kappa shape index (κ2) is 10.4. The minimum atomic E-state index is -0.827. The molecule has 2 aromatic heterocycles. The molecule has 1 aliphatic carbocycles. The van der Waals surface area contributed by atoms with E-state index in [4.69, 9.17) is 9.15 Å². The van der Waals surface area contributed by atoms with Crippen molar-refractivity contribution in [2.24, 2.45) is 0 Å². The van der Waals surface area contributed by atoms with Crippen LogP contribution in [-0.2, 0) is 27.4 Å². The highest BCUT2D eigenvalue weighted by Crippen LogP contribution is 2.26. The van der Waals surface area contributed by atoms with E-state index in [1.165, 1.54) is 19.2 Å². The lowest BCUT2D eigenvalue weighted by atomic mass is 10.2. The first-order chi connectivity index (χ1) is 18.4. The van der Waals surface area contributed by atoms with Crippen LogP contribution in [0.15, 0.2) is 62.5 Å². The fourth-order valence-corrected chi connectivity index (χ4v) is 4.88. The topological polar surface area (TPSA) is 142 Å². The van der Waals surface area contributed by atoms with Crippen molar-refractivity contribution in [2.45, 2.75) is 44.8 Å². The Morgan fingerprint density at radius 3 is 2.39 bits per heavy atom. The summed E-state index contributed by atoms with van der Waals surface area (Å²) in [4.78, 5) is 64.8. The Balaban J connectivity index is 1.55. The molecule has 0 unspecified atom stereocenters. The van der Waals surface area contributed by atoms with E-state index in [9.17, 15) is 24.0 Å². The van der Waals surface area contributed by atoms with E-state index in [0.29, 0.717) is 11.0 Å². The van der Waals surface area contributed by atoms with Crippen molar-refractivity contribution < 1.29 is 23.5 Å². The third-order valence-electron chi connectivity index (χ3n) is 6.67. The summed E-state index contributed by atoms with van der Waals surface area (Å²) in [5.41, 5.74) is -0.861. The summed E-state index contributed by atoms with van der Waals surface area (Å²) < 4.78 is 12.4. The molecule has 4 aromatic rings. The third kappa shape index (κ3) is 4.70. The molecule has 11 heteroatoms. The smallest absolute Gasteiger partial charge is 0.339 e. The molecule has 2 N–H and O–H groups in total. The third-order valence-corrected chi connectivity index (χ3v) is 6.67. The van der Waals surface area contributed by atoms with E-state index >= 15 is 0 Å². The summed E-state index contributed by atoms with van der Waals surface area (Å²) in [6, 6.07) is 13.1. The van der Waals surface area contributed by atoms with Gasteiger partial charge in [0.1, 0.15) is 24.2 Å². The number of ether oxygens (including phenoxy) is 1. The van der Waals surface area contributed by atoms with Gasteiger partial charge in [0.25, 0.3) is 5.56 Å². The Morgan fingerprint density at radius 2 is 1.63 bits per heavy atom. The lowest BCUT2D eigenvalue weighted by Crippen LogP contribution is -2.46. The Labute approximate surface area is 216 Å². The number of esters is 1. The number of fused-ring (bicyclic) bond motifs is 3. The highest BCUT2D eigenvalue weighted by molar-refractivity contribution is 6.04. The van der Waals surface area contributed by atoms with Crippen LogP contribution in [0, 0.1) is 0 Å². The monoisotopic (exact) mass is 518 g/mol. The van der Waals surface area contributed by atoms with Crippen LogP contribution in [-0.4, -0.2) is 40.1 Å². The summed E-state index contributed by atoms with van der Waals surface area (Å²) in [7, 11) is 1.23. The average Bonchev–Trinajstić information content (AvgIpc) is 3.57. The van der Waals surface area contributed by atoms with Crippen LogP contribution >= 0.6 is 0 Å². The number of rotatable bonds is 7. The summed E-state index contributed by atoms with van der Waals surface area (Å²) >= 11 is 0. The van der Waals surface area contributed by atoms with Crippen LogP contribution in [0.25, 0.3) is 22.1 Å². The van der Waals surface area contributed by atoms with Gasteiger partial charge < -0.3 is 19.8 Å². The van der Waals surface area contributed by atoms with E-state index in [-0.39, 0.29) is 28.4 Å². The Hall–Kier alpha value is -4.67. The molecule has 1 saturated carbocycles. The molecule has 38 heavy (non-hydrogen) atoms. The molecule has 0 bridgehead atoms. The first-order valence-electron chi connectivity index (χ1n) is 12.3. The van der Waals surface area contributed by atoms with Gasteiger partial charge in [0, 0.05) is 11.4 Å². The number of nitrogens with one attached hydrogen (secondary N) is 2. The van der Waals surface area contributed by atoms with Gasteiger partial charge in [0.2, 0.25) is 17.4 Å². The molecule has 1 fully saturated rings. The van der Waals surface area contributed by atoms with Gasteiger partial charge >= 0.3 is 11.7 Å². The zero-order valence-corrected chi connectivity index (χ0v) is 20.7. The van der Waals surface area contributed by atoms with Crippen LogP contribution in [0.5, 0.6) is 0 Å². The predicted molar refractivity (Wildman–Crippen MR) is 139 cm³/mol. The molecule has 1 aliphatic rings. The molecule has 0 saturated heterocycles. The largest absolute Gasteiger partial charge is 0.465 e. The van der Waals surface area contributed by atoms with Crippen LogP contribution in [0.2, 0.25) is 0 Å². The van der Waals surface area contributed by atoms with Gasteiger partial charge in [-0.3, -0.25) is 19.0 Å². The summed E-state index contributed by atoms with van der Waals surface area (Å²) in [5.74, 6) is -1.73. The van der Waals surface area contributed by atoms with Crippen LogP contribution < -0.4 is 21.9 Å². The SMILES string of the molecule is COC(=O)c1ccccc1NC(=O)Cn1c(=O)n(CC(=O)NC2CCCC2)c(=O)c2oc3ccccc3c21. The molecule has 2 amide bonds. The van der Waals surface area contributed by atoms with Gasteiger partial charge in [0.05, 0.1) is 18.4 Å². The molecule has 2 heterocycles. The second-order valence-corrected chi connectivity index (χ2v) is 9.17. The van der Waals surface area contributed by atoms with E-state index < -0.39 is 42.1 Å². The number of anilines is 1. The van der Waals surface area contributed by atoms with E-state index in [0.717, 1.165) is 34.8 Å². The zero-order chi connectivity index (χ0) is 26.8. The van der Waals surface area contributed by atoms with Crippen molar-refractivity contribution in [1.29, 1.82) is 0 Å². The second-order valence-electron chi connectivity index (χ2n) is 9.17. The molecular formula is C27H26N4O7. The molecular weight excluding hydrogens is 492 g/mol. The van der Waals surface area contributed by atoms with Gasteiger partial charge in [0.15, 0.2) is 0 Å². The number of aromatic nitrogens is 2.